The smallest absolute Gasteiger partial charge is 0.254 e. The van der Waals surface area contributed by atoms with Crippen molar-refractivity contribution in [1.29, 1.82) is 0 Å². The number of amides is 1. The molecule has 2 aromatic heterocycles. The van der Waals surface area contributed by atoms with Crippen molar-refractivity contribution in [3.05, 3.63) is 47.5 Å². The van der Waals surface area contributed by atoms with Crippen LogP contribution in [0, 0.1) is 12.7 Å². The zero-order valence-electron chi connectivity index (χ0n) is 15.8. The van der Waals surface area contributed by atoms with Crippen LogP contribution in [0.2, 0.25) is 0 Å². The predicted molar refractivity (Wildman–Crippen MR) is 101 cm³/mol. The molecule has 0 saturated carbocycles. The van der Waals surface area contributed by atoms with Crippen LogP contribution in [-0.4, -0.2) is 63.9 Å². The number of ether oxygens (including phenoxy) is 1. The molecule has 9 heteroatoms. The third-order valence-corrected chi connectivity index (χ3v) is 4.91. The molecule has 1 saturated heterocycles. The number of aryl methyl sites for hydroxylation is 1. The SMILES string of the molecule is COc1ccc(C(=O)N2CCCN(c3ccc4nnc(C)n4n3)CC2)cc1F. The summed E-state index contributed by atoms with van der Waals surface area (Å²) in [4.78, 5) is 16.7. The van der Waals surface area contributed by atoms with E-state index < -0.39 is 5.82 Å². The molecule has 0 unspecified atom stereocenters. The molecular weight excluding hydrogens is 363 g/mol. The second kappa shape index (κ2) is 7.41. The van der Waals surface area contributed by atoms with Gasteiger partial charge in [-0.25, -0.2) is 4.39 Å². The summed E-state index contributed by atoms with van der Waals surface area (Å²) in [5.74, 6) is 0.961. The number of halogens is 1. The third kappa shape index (κ3) is 3.35. The molecule has 146 valence electrons. The fourth-order valence-electron chi connectivity index (χ4n) is 3.39. The van der Waals surface area contributed by atoms with Gasteiger partial charge in [0.15, 0.2) is 23.0 Å². The van der Waals surface area contributed by atoms with Gasteiger partial charge in [-0.1, -0.05) is 0 Å². The van der Waals surface area contributed by atoms with Crippen molar-refractivity contribution in [2.45, 2.75) is 13.3 Å². The van der Waals surface area contributed by atoms with E-state index in [1.807, 2.05) is 19.1 Å². The molecule has 1 aliphatic rings. The van der Waals surface area contributed by atoms with Crippen molar-refractivity contribution in [1.82, 2.24) is 24.7 Å². The summed E-state index contributed by atoms with van der Waals surface area (Å²) in [6.45, 7) is 4.42. The molecule has 0 radical (unpaired) electrons. The second-order valence-corrected chi connectivity index (χ2v) is 6.69. The van der Waals surface area contributed by atoms with Gasteiger partial charge in [-0.3, -0.25) is 4.79 Å². The van der Waals surface area contributed by atoms with Gasteiger partial charge in [0.25, 0.3) is 5.91 Å². The highest BCUT2D eigenvalue weighted by atomic mass is 19.1. The topological polar surface area (TPSA) is 75.9 Å². The molecule has 1 amide bonds. The monoisotopic (exact) mass is 384 g/mol. The first kappa shape index (κ1) is 18.1. The number of carbonyl (C=O) groups excluding carboxylic acids is 1. The molecule has 8 nitrogen and oxygen atoms in total. The van der Waals surface area contributed by atoms with Crippen LogP contribution in [0.3, 0.4) is 0 Å². The largest absolute Gasteiger partial charge is 0.494 e. The Labute approximate surface area is 161 Å². The number of methoxy groups -OCH3 is 1. The molecule has 1 aromatic carbocycles. The first-order valence-electron chi connectivity index (χ1n) is 9.13. The van der Waals surface area contributed by atoms with Crippen LogP contribution in [0.5, 0.6) is 5.75 Å². The highest BCUT2D eigenvalue weighted by Gasteiger charge is 2.22. The van der Waals surface area contributed by atoms with Crippen molar-refractivity contribution in [3.8, 4) is 5.75 Å². The van der Waals surface area contributed by atoms with E-state index in [1.54, 1.807) is 15.5 Å². The van der Waals surface area contributed by atoms with Crippen molar-refractivity contribution < 1.29 is 13.9 Å². The van der Waals surface area contributed by atoms with E-state index in [9.17, 15) is 9.18 Å². The van der Waals surface area contributed by atoms with Gasteiger partial charge in [0.1, 0.15) is 5.82 Å². The number of nitrogens with zero attached hydrogens (tertiary/aromatic N) is 6. The zero-order valence-corrected chi connectivity index (χ0v) is 15.8. The lowest BCUT2D eigenvalue weighted by Crippen LogP contribution is -2.35. The molecular formula is C19H21FN6O2. The normalized spacial score (nSPS) is 15.0. The fourth-order valence-corrected chi connectivity index (χ4v) is 3.39. The van der Waals surface area contributed by atoms with Gasteiger partial charge < -0.3 is 14.5 Å². The number of carbonyl (C=O) groups is 1. The molecule has 0 aliphatic carbocycles. The first-order valence-corrected chi connectivity index (χ1v) is 9.13. The van der Waals surface area contributed by atoms with E-state index in [-0.39, 0.29) is 11.7 Å². The van der Waals surface area contributed by atoms with Crippen molar-refractivity contribution >= 4 is 17.4 Å². The fraction of sp³-hybridized carbons (Fsp3) is 0.368. The van der Waals surface area contributed by atoms with Gasteiger partial charge in [0.05, 0.1) is 7.11 Å². The Bertz CT molecular complexity index is 1020. The Morgan fingerprint density at radius 1 is 1.11 bits per heavy atom. The third-order valence-electron chi connectivity index (χ3n) is 4.91. The Morgan fingerprint density at radius 2 is 1.96 bits per heavy atom. The van der Waals surface area contributed by atoms with E-state index in [0.717, 1.165) is 24.6 Å². The van der Waals surface area contributed by atoms with Crippen LogP contribution in [-0.2, 0) is 0 Å². The summed E-state index contributed by atoms with van der Waals surface area (Å²) in [5.41, 5.74) is 1.03. The number of anilines is 1. The van der Waals surface area contributed by atoms with Gasteiger partial charge in [-0.05, 0) is 43.7 Å². The van der Waals surface area contributed by atoms with E-state index in [2.05, 4.69) is 20.2 Å². The zero-order chi connectivity index (χ0) is 19.7. The van der Waals surface area contributed by atoms with E-state index in [0.29, 0.717) is 30.8 Å². The Hall–Kier alpha value is -3.23. The van der Waals surface area contributed by atoms with Crippen molar-refractivity contribution in [2.24, 2.45) is 0 Å². The average Bonchev–Trinajstić information content (AvgIpc) is 2.92. The Morgan fingerprint density at radius 3 is 2.75 bits per heavy atom. The van der Waals surface area contributed by atoms with Crippen LogP contribution in [0.4, 0.5) is 10.2 Å². The first-order chi connectivity index (χ1) is 13.6. The minimum Gasteiger partial charge on any atom is -0.494 e. The number of rotatable bonds is 3. The van der Waals surface area contributed by atoms with Gasteiger partial charge in [0.2, 0.25) is 0 Å². The van der Waals surface area contributed by atoms with Crippen LogP contribution in [0.15, 0.2) is 30.3 Å². The van der Waals surface area contributed by atoms with Crippen molar-refractivity contribution in [3.63, 3.8) is 0 Å². The molecule has 3 heterocycles. The van der Waals surface area contributed by atoms with Gasteiger partial charge >= 0.3 is 0 Å². The Balaban J connectivity index is 1.49. The van der Waals surface area contributed by atoms with Crippen LogP contribution in [0.1, 0.15) is 22.6 Å². The minimum atomic E-state index is -0.536. The standard InChI is InChI=1S/C19H21FN6O2/c1-13-21-22-17-6-7-18(23-26(13)17)24-8-3-9-25(11-10-24)19(27)14-4-5-16(28-2)15(20)12-14/h4-7,12H,3,8-11H2,1-2H3. The van der Waals surface area contributed by atoms with Crippen LogP contribution in [0.25, 0.3) is 5.65 Å². The highest BCUT2D eigenvalue weighted by molar-refractivity contribution is 5.94. The Kier molecular flexibility index (Phi) is 4.81. The summed E-state index contributed by atoms with van der Waals surface area (Å²) in [6, 6.07) is 8.11. The summed E-state index contributed by atoms with van der Waals surface area (Å²) >= 11 is 0. The van der Waals surface area contributed by atoms with Gasteiger partial charge in [0, 0.05) is 31.7 Å². The molecule has 0 atom stereocenters. The van der Waals surface area contributed by atoms with Crippen molar-refractivity contribution in [2.75, 3.05) is 38.2 Å². The number of aromatic nitrogens is 4. The molecule has 1 aliphatic heterocycles. The lowest BCUT2D eigenvalue weighted by atomic mass is 10.1. The summed E-state index contributed by atoms with van der Waals surface area (Å²) in [7, 11) is 1.40. The summed E-state index contributed by atoms with van der Waals surface area (Å²) in [5, 5.41) is 12.7. The lowest BCUT2D eigenvalue weighted by Gasteiger charge is -2.23. The number of fused-ring (bicyclic) bond motifs is 1. The van der Waals surface area contributed by atoms with E-state index >= 15 is 0 Å². The maximum absolute atomic E-state index is 14.0. The quantitative estimate of drug-likeness (QED) is 0.687. The predicted octanol–water partition coefficient (Wildman–Crippen LogP) is 1.93. The lowest BCUT2D eigenvalue weighted by molar-refractivity contribution is 0.0766. The number of hydrogen-bond donors (Lipinski definition) is 0. The van der Waals surface area contributed by atoms with E-state index in [1.165, 1.54) is 19.2 Å². The minimum absolute atomic E-state index is 0.129. The van der Waals surface area contributed by atoms with Crippen LogP contribution < -0.4 is 9.64 Å². The number of hydrogen-bond acceptors (Lipinski definition) is 6. The summed E-state index contributed by atoms with van der Waals surface area (Å²) in [6.07, 6.45) is 0.797. The van der Waals surface area contributed by atoms with Gasteiger partial charge in [-0.15, -0.1) is 15.3 Å². The highest BCUT2D eigenvalue weighted by Crippen LogP contribution is 2.20. The maximum atomic E-state index is 14.0. The summed E-state index contributed by atoms with van der Waals surface area (Å²) < 4.78 is 20.6. The number of benzene rings is 1. The van der Waals surface area contributed by atoms with E-state index in [4.69, 9.17) is 4.74 Å². The molecule has 4 rings (SSSR count). The molecule has 28 heavy (non-hydrogen) atoms. The maximum Gasteiger partial charge on any atom is 0.254 e. The molecule has 0 spiro atoms. The molecule has 3 aromatic rings. The van der Waals surface area contributed by atoms with Gasteiger partial charge in [-0.2, -0.15) is 4.52 Å². The molecule has 0 N–H and O–H groups in total. The molecule has 1 fully saturated rings. The average molecular weight is 384 g/mol. The molecule has 0 bridgehead atoms. The second-order valence-electron chi connectivity index (χ2n) is 6.69. The van der Waals surface area contributed by atoms with Crippen LogP contribution >= 0.6 is 0 Å².